The second-order valence-electron chi connectivity index (χ2n) is 5.51. The number of nitrogens with one attached hydrogen (secondary N) is 1. The molecule has 0 aliphatic heterocycles. The lowest BCUT2D eigenvalue weighted by Gasteiger charge is -2.13. The largest absolute Gasteiger partial charge is 0.493 e. The number of halogens is 1. The van der Waals surface area contributed by atoms with E-state index in [1.165, 1.54) is 19.2 Å². The van der Waals surface area contributed by atoms with Crippen molar-refractivity contribution in [3.63, 3.8) is 0 Å². The highest BCUT2D eigenvalue weighted by Gasteiger charge is 2.17. The van der Waals surface area contributed by atoms with Crippen LogP contribution in [0.25, 0.3) is 0 Å². The highest BCUT2D eigenvalue weighted by atomic mass is 35.5. The van der Waals surface area contributed by atoms with E-state index in [0.717, 1.165) is 0 Å². The maximum Gasteiger partial charge on any atom is 0.338 e. The molecule has 1 amide bonds. The molecule has 0 aromatic heterocycles. The first-order chi connectivity index (χ1) is 13.5. The molecule has 1 N–H and O–H groups in total. The Morgan fingerprint density at radius 3 is 2.54 bits per heavy atom. The van der Waals surface area contributed by atoms with Crippen molar-refractivity contribution in [2.45, 2.75) is 6.92 Å². The summed E-state index contributed by atoms with van der Waals surface area (Å²) < 4.78 is 21.1. The van der Waals surface area contributed by atoms with Crippen LogP contribution in [0.15, 0.2) is 42.5 Å². The van der Waals surface area contributed by atoms with Gasteiger partial charge in [0, 0.05) is 0 Å². The molecule has 28 heavy (non-hydrogen) atoms. The third kappa shape index (κ3) is 6.35. The lowest BCUT2D eigenvalue weighted by atomic mass is 10.2. The SMILES string of the molecule is CCOc1c(Cl)cc(C(=O)OCC(=O)NCCOc2ccccc2)cc1OC. The summed E-state index contributed by atoms with van der Waals surface area (Å²) in [5, 5.41) is 2.83. The van der Waals surface area contributed by atoms with Crippen LogP contribution in [0.4, 0.5) is 0 Å². The lowest BCUT2D eigenvalue weighted by molar-refractivity contribution is -0.124. The number of benzene rings is 2. The molecule has 0 saturated heterocycles. The van der Waals surface area contributed by atoms with Gasteiger partial charge in [-0.1, -0.05) is 29.8 Å². The summed E-state index contributed by atoms with van der Waals surface area (Å²) in [5.74, 6) is 0.237. The van der Waals surface area contributed by atoms with Crippen LogP contribution in [0.2, 0.25) is 5.02 Å². The van der Waals surface area contributed by atoms with E-state index in [1.807, 2.05) is 30.3 Å². The molecule has 0 heterocycles. The van der Waals surface area contributed by atoms with Crippen molar-refractivity contribution in [1.82, 2.24) is 5.32 Å². The van der Waals surface area contributed by atoms with Crippen molar-refractivity contribution >= 4 is 23.5 Å². The second kappa shape index (κ2) is 11.0. The van der Waals surface area contributed by atoms with E-state index in [0.29, 0.717) is 30.5 Å². The Balaban J connectivity index is 1.79. The van der Waals surface area contributed by atoms with E-state index in [-0.39, 0.29) is 17.1 Å². The monoisotopic (exact) mass is 407 g/mol. The van der Waals surface area contributed by atoms with E-state index in [9.17, 15) is 9.59 Å². The molecule has 8 heteroatoms. The number of hydrogen-bond donors (Lipinski definition) is 1. The predicted octanol–water partition coefficient (Wildman–Crippen LogP) is 3.10. The second-order valence-corrected chi connectivity index (χ2v) is 5.92. The molecule has 2 aromatic rings. The number of hydrogen-bond acceptors (Lipinski definition) is 6. The average Bonchev–Trinajstić information content (AvgIpc) is 2.71. The first-order valence-corrected chi connectivity index (χ1v) is 9.05. The van der Waals surface area contributed by atoms with Crippen LogP contribution in [0.3, 0.4) is 0 Å². The molecule has 7 nitrogen and oxygen atoms in total. The van der Waals surface area contributed by atoms with E-state index in [4.69, 9.17) is 30.5 Å². The van der Waals surface area contributed by atoms with Crippen LogP contribution in [-0.4, -0.2) is 45.4 Å². The van der Waals surface area contributed by atoms with Crippen molar-refractivity contribution in [3.8, 4) is 17.2 Å². The molecule has 0 fully saturated rings. The summed E-state index contributed by atoms with van der Waals surface area (Å²) in [6, 6.07) is 12.1. The third-order valence-corrected chi connectivity index (χ3v) is 3.81. The molecule has 0 aliphatic carbocycles. The van der Waals surface area contributed by atoms with E-state index >= 15 is 0 Å². The summed E-state index contributed by atoms with van der Waals surface area (Å²) in [4.78, 5) is 24.0. The van der Waals surface area contributed by atoms with Gasteiger partial charge in [-0.2, -0.15) is 0 Å². The van der Waals surface area contributed by atoms with Crippen LogP contribution in [0.1, 0.15) is 17.3 Å². The standard InChI is InChI=1S/C20H22ClNO6/c1-3-26-19-16(21)11-14(12-17(19)25-2)20(24)28-13-18(23)22-9-10-27-15-7-5-4-6-8-15/h4-8,11-12H,3,9-10,13H2,1-2H3,(H,22,23). The first kappa shape index (κ1) is 21.4. The minimum Gasteiger partial charge on any atom is -0.493 e. The Hall–Kier alpha value is -2.93. The Kier molecular flexibility index (Phi) is 8.42. The van der Waals surface area contributed by atoms with Gasteiger partial charge in [-0.25, -0.2) is 4.79 Å². The number of para-hydroxylation sites is 1. The van der Waals surface area contributed by atoms with E-state index in [2.05, 4.69) is 5.32 Å². The zero-order chi connectivity index (χ0) is 20.4. The van der Waals surface area contributed by atoms with E-state index < -0.39 is 18.5 Å². The molecule has 0 spiro atoms. The van der Waals surface area contributed by atoms with Crippen LogP contribution >= 0.6 is 11.6 Å². The van der Waals surface area contributed by atoms with Gasteiger partial charge in [0.1, 0.15) is 12.4 Å². The van der Waals surface area contributed by atoms with Gasteiger partial charge >= 0.3 is 5.97 Å². The maximum absolute atomic E-state index is 12.2. The zero-order valence-corrected chi connectivity index (χ0v) is 16.5. The summed E-state index contributed by atoms with van der Waals surface area (Å²) in [7, 11) is 1.44. The van der Waals surface area contributed by atoms with Gasteiger partial charge in [0.05, 0.1) is 30.8 Å². The van der Waals surface area contributed by atoms with Crippen molar-refractivity contribution in [1.29, 1.82) is 0 Å². The molecular formula is C20H22ClNO6. The van der Waals surface area contributed by atoms with Gasteiger partial charge in [0.15, 0.2) is 18.1 Å². The molecule has 0 aliphatic rings. The molecule has 0 atom stereocenters. The van der Waals surface area contributed by atoms with E-state index in [1.54, 1.807) is 6.92 Å². The normalized spacial score (nSPS) is 10.1. The summed E-state index contributed by atoms with van der Waals surface area (Å²) >= 11 is 6.13. The Morgan fingerprint density at radius 1 is 1.11 bits per heavy atom. The molecule has 0 saturated carbocycles. The van der Waals surface area contributed by atoms with Crippen LogP contribution in [-0.2, 0) is 9.53 Å². The molecule has 0 bridgehead atoms. The highest BCUT2D eigenvalue weighted by Crippen LogP contribution is 2.36. The fourth-order valence-corrected chi connectivity index (χ4v) is 2.53. The van der Waals surface area contributed by atoms with Gasteiger partial charge < -0.3 is 24.3 Å². The third-order valence-electron chi connectivity index (χ3n) is 3.52. The fraction of sp³-hybridized carbons (Fsp3) is 0.300. The van der Waals surface area contributed by atoms with Crippen molar-refractivity contribution in [2.24, 2.45) is 0 Å². The Bertz CT molecular complexity index is 797. The zero-order valence-electron chi connectivity index (χ0n) is 15.7. The minimum atomic E-state index is -0.695. The maximum atomic E-state index is 12.2. The smallest absolute Gasteiger partial charge is 0.338 e. The number of amides is 1. The van der Waals surface area contributed by atoms with Gasteiger partial charge in [-0.05, 0) is 31.2 Å². The highest BCUT2D eigenvalue weighted by molar-refractivity contribution is 6.32. The summed E-state index contributed by atoms with van der Waals surface area (Å²) in [5.41, 5.74) is 0.158. The lowest BCUT2D eigenvalue weighted by Crippen LogP contribution is -2.32. The molecule has 150 valence electrons. The van der Waals surface area contributed by atoms with Gasteiger partial charge in [0.25, 0.3) is 5.91 Å². The van der Waals surface area contributed by atoms with Gasteiger partial charge in [-0.15, -0.1) is 0 Å². The molecule has 0 unspecified atom stereocenters. The molecule has 0 radical (unpaired) electrons. The average molecular weight is 408 g/mol. The number of methoxy groups -OCH3 is 1. The fourth-order valence-electron chi connectivity index (χ4n) is 2.26. The summed E-state index contributed by atoms with van der Waals surface area (Å²) in [6.07, 6.45) is 0. The van der Waals surface area contributed by atoms with Crippen molar-refractivity contribution in [2.75, 3.05) is 33.5 Å². The summed E-state index contributed by atoms with van der Waals surface area (Å²) in [6.45, 7) is 2.37. The predicted molar refractivity (Wildman–Crippen MR) is 104 cm³/mol. The van der Waals surface area contributed by atoms with Crippen LogP contribution in [0.5, 0.6) is 17.2 Å². The molecular weight excluding hydrogens is 386 g/mol. The van der Waals surface area contributed by atoms with Gasteiger partial charge in [-0.3, -0.25) is 4.79 Å². The quantitative estimate of drug-likeness (QED) is 0.481. The molecule has 2 aromatic carbocycles. The number of rotatable bonds is 10. The number of carbonyl (C=O) groups excluding carboxylic acids is 2. The minimum absolute atomic E-state index is 0.158. The first-order valence-electron chi connectivity index (χ1n) is 8.67. The van der Waals surface area contributed by atoms with Crippen LogP contribution in [0, 0.1) is 0 Å². The Morgan fingerprint density at radius 2 is 1.86 bits per heavy atom. The molecule has 2 rings (SSSR count). The number of carbonyl (C=O) groups is 2. The van der Waals surface area contributed by atoms with Crippen molar-refractivity contribution < 1.29 is 28.5 Å². The number of esters is 1. The van der Waals surface area contributed by atoms with Gasteiger partial charge in [0.2, 0.25) is 0 Å². The van der Waals surface area contributed by atoms with Crippen LogP contribution < -0.4 is 19.5 Å². The Labute approximate surface area is 168 Å². The number of ether oxygens (including phenoxy) is 4. The van der Waals surface area contributed by atoms with Crippen molar-refractivity contribution in [3.05, 3.63) is 53.1 Å². The topological polar surface area (TPSA) is 83.1 Å².